The van der Waals surface area contributed by atoms with Crippen molar-refractivity contribution in [3.63, 3.8) is 0 Å². The maximum Gasteiger partial charge on any atom is 0.312 e. The molecular formula is C19H21NO3. The Labute approximate surface area is 135 Å². The molecule has 3 rings (SSSR count). The zero-order valence-corrected chi connectivity index (χ0v) is 13.7. The smallest absolute Gasteiger partial charge is 0.312 e. The summed E-state index contributed by atoms with van der Waals surface area (Å²) in [5, 5.41) is 9.23. The lowest BCUT2D eigenvalue weighted by Crippen LogP contribution is -2.12. The highest BCUT2D eigenvalue weighted by Gasteiger charge is 2.31. The Bertz CT molecular complexity index is 763. The highest BCUT2D eigenvalue weighted by molar-refractivity contribution is 6.08. The fourth-order valence-corrected chi connectivity index (χ4v) is 3.16. The number of carboxylic acid groups (broad SMARTS) is 1. The van der Waals surface area contributed by atoms with E-state index in [1.807, 2.05) is 28.8 Å². The standard InChI is InChI=1S/C19H21NO3/c1-19(2,3)13-6-4-12(5-7-13)17(21)16-9-8-15-14(18(22)23)10-11-20(15)16/h4-9,14H,10-11H2,1-3H3,(H,22,23). The number of nitrogens with zero attached hydrogens (tertiary/aromatic N) is 1. The molecule has 120 valence electrons. The van der Waals surface area contributed by atoms with Gasteiger partial charge in [0.15, 0.2) is 0 Å². The molecule has 1 unspecified atom stereocenters. The predicted molar refractivity (Wildman–Crippen MR) is 88.0 cm³/mol. The lowest BCUT2D eigenvalue weighted by Gasteiger charge is -2.19. The van der Waals surface area contributed by atoms with Crippen LogP contribution in [0.3, 0.4) is 0 Å². The summed E-state index contributed by atoms with van der Waals surface area (Å²) < 4.78 is 1.85. The van der Waals surface area contributed by atoms with Crippen molar-refractivity contribution in [1.29, 1.82) is 0 Å². The molecule has 0 aliphatic carbocycles. The normalized spacial score (nSPS) is 17.1. The highest BCUT2D eigenvalue weighted by atomic mass is 16.4. The minimum absolute atomic E-state index is 0.0482. The quantitative estimate of drug-likeness (QED) is 0.881. The first kappa shape index (κ1) is 15.5. The number of hydrogen-bond acceptors (Lipinski definition) is 2. The summed E-state index contributed by atoms with van der Waals surface area (Å²) in [6, 6.07) is 11.2. The molecule has 2 heterocycles. The van der Waals surface area contributed by atoms with E-state index in [2.05, 4.69) is 20.8 Å². The number of aliphatic carboxylic acids is 1. The largest absolute Gasteiger partial charge is 0.481 e. The summed E-state index contributed by atoms with van der Waals surface area (Å²) in [6.07, 6.45) is 0.550. The van der Waals surface area contributed by atoms with Gasteiger partial charge in [-0.15, -0.1) is 0 Å². The first-order chi connectivity index (χ1) is 10.8. The van der Waals surface area contributed by atoms with Crippen molar-refractivity contribution in [2.24, 2.45) is 0 Å². The third-order valence-corrected chi connectivity index (χ3v) is 4.56. The summed E-state index contributed by atoms with van der Waals surface area (Å²) in [7, 11) is 0. The summed E-state index contributed by atoms with van der Waals surface area (Å²) >= 11 is 0. The van der Waals surface area contributed by atoms with Gasteiger partial charge in [-0.25, -0.2) is 0 Å². The Morgan fingerprint density at radius 2 is 1.74 bits per heavy atom. The number of carbonyl (C=O) groups is 2. The van der Waals surface area contributed by atoms with Gasteiger partial charge in [-0.2, -0.15) is 0 Å². The Balaban J connectivity index is 1.91. The minimum Gasteiger partial charge on any atom is -0.481 e. The molecule has 4 nitrogen and oxygen atoms in total. The van der Waals surface area contributed by atoms with Crippen molar-refractivity contribution in [2.75, 3.05) is 0 Å². The van der Waals surface area contributed by atoms with E-state index >= 15 is 0 Å². The number of ketones is 1. The van der Waals surface area contributed by atoms with E-state index in [1.54, 1.807) is 12.1 Å². The molecule has 0 saturated carbocycles. The van der Waals surface area contributed by atoms with Crippen LogP contribution in [0.25, 0.3) is 0 Å². The number of hydrogen-bond donors (Lipinski definition) is 1. The van der Waals surface area contributed by atoms with E-state index < -0.39 is 11.9 Å². The molecule has 4 heteroatoms. The number of carboxylic acids is 1. The van der Waals surface area contributed by atoms with E-state index in [-0.39, 0.29) is 11.2 Å². The van der Waals surface area contributed by atoms with Crippen molar-refractivity contribution in [3.05, 3.63) is 58.9 Å². The van der Waals surface area contributed by atoms with E-state index in [0.717, 1.165) is 5.69 Å². The number of rotatable bonds is 3. The molecule has 0 amide bonds. The van der Waals surface area contributed by atoms with Crippen LogP contribution in [0.4, 0.5) is 0 Å². The maximum absolute atomic E-state index is 12.7. The van der Waals surface area contributed by atoms with Crippen LogP contribution in [-0.2, 0) is 16.8 Å². The van der Waals surface area contributed by atoms with E-state index in [9.17, 15) is 14.7 Å². The molecule has 23 heavy (non-hydrogen) atoms. The zero-order valence-electron chi connectivity index (χ0n) is 13.7. The first-order valence-electron chi connectivity index (χ1n) is 7.86. The molecule has 1 aliphatic rings. The summed E-state index contributed by atoms with van der Waals surface area (Å²) in [4.78, 5) is 24.0. The topological polar surface area (TPSA) is 59.3 Å². The first-order valence-corrected chi connectivity index (χ1v) is 7.86. The second-order valence-electron chi connectivity index (χ2n) is 7.13. The third kappa shape index (κ3) is 2.69. The predicted octanol–water partition coefficient (Wildman–Crippen LogP) is 3.59. The number of aromatic nitrogens is 1. The fourth-order valence-electron chi connectivity index (χ4n) is 3.16. The zero-order chi connectivity index (χ0) is 16.8. The van der Waals surface area contributed by atoms with Crippen molar-refractivity contribution >= 4 is 11.8 Å². The van der Waals surface area contributed by atoms with Crippen LogP contribution in [0.5, 0.6) is 0 Å². The molecule has 0 fully saturated rings. The number of carbonyl (C=O) groups excluding carboxylic acids is 1. The van der Waals surface area contributed by atoms with Crippen LogP contribution in [0.1, 0.15) is 60.4 Å². The van der Waals surface area contributed by atoms with Gasteiger partial charge in [-0.3, -0.25) is 9.59 Å². The van der Waals surface area contributed by atoms with Crippen molar-refractivity contribution < 1.29 is 14.7 Å². The molecule has 0 bridgehead atoms. The molecular weight excluding hydrogens is 290 g/mol. The molecule has 0 spiro atoms. The second kappa shape index (κ2) is 5.37. The Kier molecular flexibility index (Phi) is 3.63. The molecule has 1 N–H and O–H groups in total. The summed E-state index contributed by atoms with van der Waals surface area (Å²) in [6.45, 7) is 6.99. The van der Waals surface area contributed by atoms with E-state index in [0.29, 0.717) is 24.2 Å². The van der Waals surface area contributed by atoms with Crippen LogP contribution in [0, 0.1) is 0 Å². The number of benzene rings is 1. The Hall–Kier alpha value is -2.36. The van der Waals surface area contributed by atoms with Crippen LogP contribution in [0.15, 0.2) is 36.4 Å². The maximum atomic E-state index is 12.7. The molecule has 0 saturated heterocycles. The van der Waals surface area contributed by atoms with Crippen molar-refractivity contribution in [1.82, 2.24) is 4.57 Å². The fraction of sp³-hybridized carbons (Fsp3) is 0.368. The monoisotopic (exact) mass is 311 g/mol. The van der Waals surface area contributed by atoms with Gasteiger partial charge < -0.3 is 9.67 Å². The highest BCUT2D eigenvalue weighted by Crippen LogP contribution is 2.31. The van der Waals surface area contributed by atoms with E-state index in [1.165, 1.54) is 5.56 Å². The lowest BCUT2D eigenvalue weighted by molar-refractivity contribution is -0.138. The Morgan fingerprint density at radius 1 is 1.09 bits per heavy atom. The summed E-state index contributed by atoms with van der Waals surface area (Å²) in [5.41, 5.74) is 3.17. The number of fused-ring (bicyclic) bond motifs is 1. The summed E-state index contributed by atoms with van der Waals surface area (Å²) in [5.74, 6) is -1.38. The van der Waals surface area contributed by atoms with E-state index in [4.69, 9.17) is 0 Å². The lowest BCUT2D eigenvalue weighted by atomic mass is 9.86. The second-order valence-corrected chi connectivity index (χ2v) is 7.13. The molecule has 0 radical (unpaired) electrons. The molecule has 2 aromatic rings. The van der Waals surface area contributed by atoms with Gasteiger partial charge in [-0.05, 0) is 29.5 Å². The van der Waals surface area contributed by atoms with Crippen LogP contribution in [-0.4, -0.2) is 21.4 Å². The van der Waals surface area contributed by atoms with Crippen molar-refractivity contribution in [2.45, 2.75) is 45.1 Å². The van der Waals surface area contributed by atoms with Crippen molar-refractivity contribution in [3.8, 4) is 0 Å². The van der Waals surface area contributed by atoms with Crippen LogP contribution in [0.2, 0.25) is 0 Å². The van der Waals surface area contributed by atoms with Gasteiger partial charge in [-0.1, -0.05) is 45.0 Å². The van der Waals surface area contributed by atoms with Gasteiger partial charge in [0.25, 0.3) is 0 Å². The minimum atomic E-state index is -0.824. The van der Waals surface area contributed by atoms with Crippen LogP contribution < -0.4 is 0 Å². The van der Waals surface area contributed by atoms with Gasteiger partial charge in [0, 0.05) is 17.8 Å². The van der Waals surface area contributed by atoms with Gasteiger partial charge in [0.05, 0.1) is 11.6 Å². The van der Waals surface area contributed by atoms with Gasteiger partial charge >= 0.3 is 5.97 Å². The van der Waals surface area contributed by atoms with Gasteiger partial charge in [0.2, 0.25) is 5.78 Å². The molecule has 1 atom stereocenters. The average molecular weight is 311 g/mol. The average Bonchev–Trinajstić information content (AvgIpc) is 3.06. The van der Waals surface area contributed by atoms with Gasteiger partial charge in [0.1, 0.15) is 0 Å². The Morgan fingerprint density at radius 3 is 2.30 bits per heavy atom. The molecule has 1 aliphatic heterocycles. The SMILES string of the molecule is CC(C)(C)c1ccc(C(=O)c2ccc3n2CCC3C(=O)O)cc1. The molecule has 1 aromatic carbocycles. The third-order valence-electron chi connectivity index (χ3n) is 4.56. The molecule has 1 aromatic heterocycles. The van der Waals surface area contributed by atoms with Crippen LogP contribution >= 0.6 is 0 Å².